The van der Waals surface area contributed by atoms with E-state index in [4.69, 9.17) is 0 Å². The van der Waals surface area contributed by atoms with Crippen molar-refractivity contribution in [1.29, 1.82) is 0 Å². The SMILES string of the molecule is CCCCC(C)(C)CC(C)(C)CCNCC. The van der Waals surface area contributed by atoms with E-state index in [9.17, 15) is 0 Å². The summed E-state index contributed by atoms with van der Waals surface area (Å²) in [7, 11) is 0. The Morgan fingerprint density at radius 3 is 1.94 bits per heavy atom. The van der Waals surface area contributed by atoms with Gasteiger partial charge in [-0.1, -0.05) is 54.4 Å². The first-order valence-corrected chi connectivity index (χ1v) is 7.04. The highest BCUT2D eigenvalue weighted by molar-refractivity contribution is 4.79. The van der Waals surface area contributed by atoms with Crippen LogP contribution in [0.3, 0.4) is 0 Å². The van der Waals surface area contributed by atoms with Crippen LogP contribution in [0.2, 0.25) is 0 Å². The number of unbranched alkanes of at least 4 members (excludes halogenated alkanes) is 1. The van der Waals surface area contributed by atoms with Crippen molar-refractivity contribution in [3.63, 3.8) is 0 Å². The van der Waals surface area contributed by atoms with E-state index in [1.54, 1.807) is 0 Å². The van der Waals surface area contributed by atoms with E-state index in [1.165, 1.54) is 32.1 Å². The van der Waals surface area contributed by atoms with Crippen LogP contribution in [0.15, 0.2) is 0 Å². The second-order valence-corrected chi connectivity index (χ2v) is 6.71. The second kappa shape index (κ2) is 7.32. The van der Waals surface area contributed by atoms with E-state index < -0.39 is 0 Å². The Kier molecular flexibility index (Phi) is 7.30. The highest BCUT2D eigenvalue weighted by Crippen LogP contribution is 2.39. The zero-order valence-electron chi connectivity index (χ0n) is 12.4. The summed E-state index contributed by atoms with van der Waals surface area (Å²) in [6.07, 6.45) is 6.69. The van der Waals surface area contributed by atoms with Crippen LogP contribution in [-0.2, 0) is 0 Å². The Labute approximate surface area is 103 Å². The van der Waals surface area contributed by atoms with Crippen LogP contribution in [0.1, 0.15) is 73.6 Å². The zero-order chi connectivity index (χ0) is 12.7. The first kappa shape index (κ1) is 16.0. The van der Waals surface area contributed by atoms with Gasteiger partial charge in [-0.05, 0) is 43.2 Å². The van der Waals surface area contributed by atoms with Gasteiger partial charge in [0.1, 0.15) is 0 Å². The standard InChI is InChI=1S/C15H33N/c1-7-9-10-14(3,4)13-15(5,6)11-12-16-8-2/h16H,7-13H2,1-6H3. The minimum absolute atomic E-state index is 0.472. The lowest BCUT2D eigenvalue weighted by Gasteiger charge is -2.35. The number of hydrogen-bond acceptors (Lipinski definition) is 1. The summed E-state index contributed by atoms with van der Waals surface area (Å²) in [5.74, 6) is 0. The summed E-state index contributed by atoms with van der Waals surface area (Å²) >= 11 is 0. The highest BCUT2D eigenvalue weighted by Gasteiger charge is 2.27. The molecule has 0 aliphatic heterocycles. The Morgan fingerprint density at radius 1 is 0.875 bits per heavy atom. The van der Waals surface area contributed by atoms with Crippen LogP contribution in [0.25, 0.3) is 0 Å². The largest absolute Gasteiger partial charge is 0.317 e. The van der Waals surface area contributed by atoms with Crippen molar-refractivity contribution in [3.8, 4) is 0 Å². The summed E-state index contributed by atoms with van der Waals surface area (Å²) in [5, 5.41) is 3.43. The zero-order valence-corrected chi connectivity index (χ0v) is 12.4. The van der Waals surface area contributed by atoms with Gasteiger partial charge in [0.2, 0.25) is 0 Å². The first-order valence-electron chi connectivity index (χ1n) is 7.04. The van der Waals surface area contributed by atoms with Crippen molar-refractivity contribution < 1.29 is 0 Å². The molecular weight excluding hydrogens is 194 g/mol. The molecule has 0 radical (unpaired) electrons. The third kappa shape index (κ3) is 8.15. The molecule has 0 spiro atoms. The van der Waals surface area contributed by atoms with Gasteiger partial charge in [-0.2, -0.15) is 0 Å². The molecule has 0 unspecified atom stereocenters. The Morgan fingerprint density at radius 2 is 1.44 bits per heavy atom. The van der Waals surface area contributed by atoms with E-state index in [-0.39, 0.29) is 0 Å². The molecule has 98 valence electrons. The lowest BCUT2D eigenvalue weighted by Crippen LogP contribution is -2.27. The molecule has 0 aromatic heterocycles. The van der Waals surface area contributed by atoms with Gasteiger partial charge in [-0.3, -0.25) is 0 Å². The summed E-state index contributed by atoms with van der Waals surface area (Å²) < 4.78 is 0. The molecule has 0 rings (SSSR count). The van der Waals surface area contributed by atoms with Crippen molar-refractivity contribution >= 4 is 0 Å². The van der Waals surface area contributed by atoms with Crippen LogP contribution in [0.5, 0.6) is 0 Å². The quantitative estimate of drug-likeness (QED) is 0.567. The maximum Gasteiger partial charge on any atom is -0.00439 e. The molecule has 0 bridgehead atoms. The van der Waals surface area contributed by atoms with Crippen LogP contribution < -0.4 is 5.32 Å². The van der Waals surface area contributed by atoms with Crippen molar-refractivity contribution in [2.24, 2.45) is 10.8 Å². The van der Waals surface area contributed by atoms with Crippen LogP contribution in [-0.4, -0.2) is 13.1 Å². The Bertz CT molecular complexity index is 170. The lowest BCUT2D eigenvalue weighted by atomic mass is 9.71. The molecular formula is C15H33N. The Hall–Kier alpha value is -0.0400. The van der Waals surface area contributed by atoms with Gasteiger partial charge in [0.05, 0.1) is 0 Å². The summed E-state index contributed by atoms with van der Waals surface area (Å²) in [4.78, 5) is 0. The number of hydrogen-bond donors (Lipinski definition) is 1. The van der Waals surface area contributed by atoms with Gasteiger partial charge in [0.15, 0.2) is 0 Å². The van der Waals surface area contributed by atoms with E-state index in [2.05, 4.69) is 46.9 Å². The van der Waals surface area contributed by atoms with Crippen molar-refractivity contribution in [2.45, 2.75) is 73.6 Å². The van der Waals surface area contributed by atoms with E-state index in [0.717, 1.165) is 13.1 Å². The fourth-order valence-electron chi connectivity index (χ4n) is 2.73. The van der Waals surface area contributed by atoms with Gasteiger partial charge in [0, 0.05) is 0 Å². The van der Waals surface area contributed by atoms with Crippen LogP contribution in [0.4, 0.5) is 0 Å². The van der Waals surface area contributed by atoms with E-state index >= 15 is 0 Å². The molecule has 0 aromatic rings. The molecule has 0 saturated carbocycles. The highest BCUT2D eigenvalue weighted by atomic mass is 14.8. The molecule has 0 fully saturated rings. The van der Waals surface area contributed by atoms with E-state index in [1.807, 2.05) is 0 Å². The molecule has 0 amide bonds. The van der Waals surface area contributed by atoms with Crippen molar-refractivity contribution in [2.75, 3.05) is 13.1 Å². The first-order chi connectivity index (χ1) is 7.33. The molecule has 0 aliphatic carbocycles. The van der Waals surface area contributed by atoms with Gasteiger partial charge < -0.3 is 5.32 Å². The maximum absolute atomic E-state index is 3.43. The number of nitrogens with one attached hydrogen (secondary N) is 1. The fraction of sp³-hybridized carbons (Fsp3) is 1.00. The average Bonchev–Trinajstić information content (AvgIpc) is 2.13. The van der Waals surface area contributed by atoms with E-state index in [0.29, 0.717) is 10.8 Å². The maximum atomic E-state index is 3.43. The summed E-state index contributed by atoms with van der Waals surface area (Å²) in [6.45, 7) is 16.4. The topological polar surface area (TPSA) is 12.0 Å². The lowest BCUT2D eigenvalue weighted by molar-refractivity contribution is 0.168. The molecule has 0 atom stereocenters. The molecule has 0 saturated heterocycles. The third-order valence-electron chi connectivity index (χ3n) is 3.39. The minimum Gasteiger partial charge on any atom is -0.317 e. The molecule has 16 heavy (non-hydrogen) atoms. The van der Waals surface area contributed by atoms with Gasteiger partial charge in [0.25, 0.3) is 0 Å². The molecule has 1 nitrogen and oxygen atoms in total. The molecule has 1 N–H and O–H groups in total. The molecule has 0 heterocycles. The minimum atomic E-state index is 0.472. The Balaban J connectivity index is 4.01. The summed E-state index contributed by atoms with van der Waals surface area (Å²) in [6, 6.07) is 0. The van der Waals surface area contributed by atoms with Gasteiger partial charge >= 0.3 is 0 Å². The third-order valence-corrected chi connectivity index (χ3v) is 3.39. The predicted octanol–water partition coefficient (Wildman–Crippen LogP) is 4.62. The van der Waals surface area contributed by atoms with Crippen LogP contribution in [0, 0.1) is 10.8 Å². The number of rotatable bonds is 9. The van der Waals surface area contributed by atoms with Crippen molar-refractivity contribution in [3.05, 3.63) is 0 Å². The van der Waals surface area contributed by atoms with Crippen LogP contribution >= 0.6 is 0 Å². The molecule has 0 aromatic carbocycles. The average molecular weight is 227 g/mol. The predicted molar refractivity (Wildman–Crippen MR) is 74.9 cm³/mol. The second-order valence-electron chi connectivity index (χ2n) is 6.71. The van der Waals surface area contributed by atoms with Crippen molar-refractivity contribution in [1.82, 2.24) is 5.32 Å². The molecule has 0 aliphatic rings. The fourth-order valence-corrected chi connectivity index (χ4v) is 2.73. The smallest absolute Gasteiger partial charge is 0.00439 e. The van der Waals surface area contributed by atoms with Gasteiger partial charge in [-0.25, -0.2) is 0 Å². The molecule has 1 heteroatoms. The monoisotopic (exact) mass is 227 g/mol. The van der Waals surface area contributed by atoms with Gasteiger partial charge in [-0.15, -0.1) is 0 Å². The summed E-state index contributed by atoms with van der Waals surface area (Å²) in [5.41, 5.74) is 0.977. The normalized spacial score (nSPS) is 13.1.